The number of hydrogen-bond acceptors (Lipinski definition) is 8. The SMILES string of the molecule is CCCCOCC(CN1C(=O)NC(=O)C(CC)(c2ccccc2)C1=O)OC(N)=O.O=NO. The Kier molecular flexibility index (Phi) is 10.8. The number of nitrogens with zero attached hydrogens (tertiary/aromatic N) is 2. The van der Waals surface area contributed by atoms with Gasteiger partial charge in [0.1, 0.15) is 6.10 Å². The number of urea groups is 1. The number of hydrogen-bond donors (Lipinski definition) is 3. The summed E-state index contributed by atoms with van der Waals surface area (Å²) < 4.78 is 10.5. The number of nitrogens with two attached hydrogens (primary N) is 1. The van der Waals surface area contributed by atoms with Gasteiger partial charge in [0.15, 0.2) is 10.8 Å². The molecule has 2 atom stereocenters. The van der Waals surface area contributed by atoms with E-state index in [4.69, 9.17) is 25.3 Å². The van der Waals surface area contributed by atoms with Gasteiger partial charge in [0.25, 0.3) is 5.91 Å². The second kappa shape index (κ2) is 13.0. The maximum absolute atomic E-state index is 13.3. The lowest BCUT2D eigenvalue weighted by Gasteiger charge is -2.39. The Morgan fingerprint density at radius 1 is 1.25 bits per heavy atom. The third-order valence-corrected chi connectivity index (χ3v) is 4.88. The molecule has 1 aliphatic rings. The first-order valence-electron chi connectivity index (χ1n) is 10.0. The van der Waals surface area contributed by atoms with Crippen molar-refractivity contribution in [3.63, 3.8) is 0 Å². The van der Waals surface area contributed by atoms with E-state index in [2.05, 4.69) is 5.32 Å². The number of benzene rings is 1. The molecule has 32 heavy (non-hydrogen) atoms. The van der Waals surface area contributed by atoms with E-state index in [-0.39, 0.29) is 19.6 Å². The van der Waals surface area contributed by atoms with Crippen LogP contribution in [0.3, 0.4) is 0 Å². The minimum atomic E-state index is -1.55. The number of carbonyl (C=O) groups excluding carboxylic acids is 4. The fourth-order valence-electron chi connectivity index (χ4n) is 3.30. The Morgan fingerprint density at radius 2 is 1.88 bits per heavy atom. The molecular formula is C20H28N4O8. The van der Waals surface area contributed by atoms with Crippen molar-refractivity contribution in [1.82, 2.24) is 10.2 Å². The van der Waals surface area contributed by atoms with Gasteiger partial charge in [0, 0.05) is 6.61 Å². The molecule has 176 valence electrons. The number of barbiturate groups is 1. The van der Waals surface area contributed by atoms with E-state index in [0.717, 1.165) is 17.7 Å². The first-order chi connectivity index (χ1) is 15.3. The lowest BCUT2D eigenvalue weighted by molar-refractivity contribution is -0.146. The number of imide groups is 2. The molecule has 12 nitrogen and oxygen atoms in total. The summed E-state index contributed by atoms with van der Waals surface area (Å²) in [7, 11) is 0. The molecule has 0 aliphatic carbocycles. The van der Waals surface area contributed by atoms with Crippen LogP contribution < -0.4 is 11.1 Å². The van der Waals surface area contributed by atoms with Crippen molar-refractivity contribution in [2.24, 2.45) is 11.1 Å². The third-order valence-electron chi connectivity index (χ3n) is 4.88. The van der Waals surface area contributed by atoms with Crippen molar-refractivity contribution in [2.45, 2.75) is 44.6 Å². The molecule has 1 fully saturated rings. The minimum absolute atomic E-state index is 0.0294. The molecule has 1 aromatic rings. The molecular weight excluding hydrogens is 424 g/mol. The van der Waals surface area contributed by atoms with Gasteiger partial charge in [-0.1, -0.05) is 50.6 Å². The number of nitrogens with one attached hydrogen (secondary N) is 1. The van der Waals surface area contributed by atoms with Gasteiger partial charge in [-0.05, 0) is 18.4 Å². The van der Waals surface area contributed by atoms with E-state index in [9.17, 15) is 19.2 Å². The molecule has 5 amide bonds. The first-order valence-corrected chi connectivity index (χ1v) is 10.0. The fourth-order valence-corrected chi connectivity index (χ4v) is 3.30. The molecule has 0 bridgehead atoms. The van der Waals surface area contributed by atoms with Crippen LogP contribution in [-0.2, 0) is 24.5 Å². The number of carbonyl (C=O) groups is 4. The number of amides is 5. The van der Waals surface area contributed by atoms with E-state index in [0.29, 0.717) is 12.2 Å². The van der Waals surface area contributed by atoms with Crippen molar-refractivity contribution in [3.8, 4) is 0 Å². The van der Waals surface area contributed by atoms with Crippen molar-refractivity contribution in [3.05, 3.63) is 40.8 Å². The zero-order valence-corrected chi connectivity index (χ0v) is 18.0. The summed E-state index contributed by atoms with van der Waals surface area (Å²) >= 11 is 0. The van der Waals surface area contributed by atoms with Crippen LogP contribution in [0.25, 0.3) is 0 Å². The van der Waals surface area contributed by atoms with E-state index in [1.165, 1.54) is 5.34 Å². The monoisotopic (exact) mass is 452 g/mol. The van der Waals surface area contributed by atoms with Crippen LogP contribution >= 0.6 is 0 Å². The quantitative estimate of drug-likeness (QED) is 0.208. The minimum Gasteiger partial charge on any atom is -0.442 e. The summed E-state index contributed by atoms with van der Waals surface area (Å²) in [6, 6.07) is 7.67. The highest BCUT2D eigenvalue weighted by Gasteiger charge is 2.54. The molecule has 1 heterocycles. The summed E-state index contributed by atoms with van der Waals surface area (Å²) in [6.45, 7) is 3.84. The first kappa shape index (κ1) is 26.5. The van der Waals surface area contributed by atoms with E-state index < -0.39 is 35.5 Å². The summed E-state index contributed by atoms with van der Waals surface area (Å²) in [5.41, 5.74) is 4.05. The van der Waals surface area contributed by atoms with E-state index >= 15 is 0 Å². The molecule has 12 heteroatoms. The van der Waals surface area contributed by atoms with Crippen LogP contribution in [-0.4, -0.2) is 59.9 Å². The maximum Gasteiger partial charge on any atom is 0.404 e. The summed E-state index contributed by atoms with van der Waals surface area (Å²) in [4.78, 5) is 58.7. The van der Waals surface area contributed by atoms with Gasteiger partial charge in [-0.3, -0.25) is 19.8 Å². The van der Waals surface area contributed by atoms with Gasteiger partial charge >= 0.3 is 12.1 Å². The zero-order chi connectivity index (χ0) is 24.1. The number of ether oxygens (including phenoxy) is 2. The van der Waals surface area contributed by atoms with Gasteiger partial charge in [-0.25, -0.2) is 9.59 Å². The van der Waals surface area contributed by atoms with Crippen molar-refractivity contribution >= 4 is 23.9 Å². The number of rotatable bonds is 10. The standard InChI is InChI=1S/C20H27N3O6.HNO2/c1-3-5-11-28-13-15(29-18(21)26)12-23-17(25)20(4-2,16(24)22-19(23)27)14-9-7-6-8-10-14;2-1-3/h6-10,15H,3-5,11-13H2,1-2H3,(H2,21,26)(H,22,24,27);(H,2,3). The summed E-state index contributed by atoms with van der Waals surface area (Å²) in [6.07, 6.45) is -0.0994. The van der Waals surface area contributed by atoms with Crippen LogP contribution in [0.2, 0.25) is 0 Å². The molecule has 1 aromatic carbocycles. The van der Waals surface area contributed by atoms with Gasteiger partial charge in [0.05, 0.1) is 13.2 Å². The summed E-state index contributed by atoms with van der Waals surface area (Å²) in [5.74, 6) is -1.35. The Bertz CT molecular complexity index is 804. The molecule has 2 unspecified atom stereocenters. The highest BCUT2D eigenvalue weighted by Crippen LogP contribution is 2.33. The zero-order valence-electron chi connectivity index (χ0n) is 18.0. The normalized spacial score (nSPS) is 18.8. The van der Waals surface area contributed by atoms with Crippen LogP contribution in [0.1, 0.15) is 38.7 Å². The Morgan fingerprint density at radius 3 is 2.41 bits per heavy atom. The molecule has 2 rings (SSSR count). The van der Waals surface area contributed by atoms with E-state index in [1.54, 1.807) is 37.3 Å². The average molecular weight is 452 g/mol. The van der Waals surface area contributed by atoms with Gasteiger partial charge in [0.2, 0.25) is 5.91 Å². The topological polar surface area (TPSA) is 178 Å². The van der Waals surface area contributed by atoms with Crippen molar-refractivity contribution < 1.29 is 33.9 Å². The van der Waals surface area contributed by atoms with Crippen molar-refractivity contribution in [1.29, 1.82) is 0 Å². The van der Waals surface area contributed by atoms with Crippen LogP contribution in [0.4, 0.5) is 9.59 Å². The largest absolute Gasteiger partial charge is 0.442 e. The molecule has 0 saturated carbocycles. The molecule has 0 spiro atoms. The fraction of sp³-hybridized carbons (Fsp3) is 0.500. The molecule has 1 saturated heterocycles. The number of unbranched alkanes of at least 4 members (excludes halogenated alkanes) is 1. The predicted octanol–water partition coefficient (Wildman–Crippen LogP) is 1.84. The maximum atomic E-state index is 13.3. The lowest BCUT2D eigenvalue weighted by Crippen LogP contribution is -2.67. The van der Waals surface area contributed by atoms with Crippen LogP contribution in [0.15, 0.2) is 35.7 Å². The average Bonchev–Trinajstić information content (AvgIpc) is 2.75. The van der Waals surface area contributed by atoms with Gasteiger partial charge in [-0.15, -0.1) is 4.91 Å². The second-order valence-corrected chi connectivity index (χ2v) is 6.87. The summed E-state index contributed by atoms with van der Waals surface area (Å²) in [5, 5.41) is 10.1. The smallest absolute Gasteiger partial charge is 0.404 e. The Hall–Kier alpha value is -3.54. The molecule has 0 aromatic heterocycles. The molecule has 0 radical (unpaired) electrons. The Labute approximate surface area is 185 Å². The highest BCUT2D eigenvalue weighted by atomic mass is 16.6. The number of primary amides is 1. The predicted molar refractivity (Wildman–Crippen MR) is 111 cm³/mol. The van der Waals surface area contributed by atoms with E-state index in [1.807, 2.05) is 6.92 Å². The lowest BCUT2D eigenvalue weighted by atomic mass is 9.74. The molecule has 4 N–H and O–H groups in total. The van der Waals surface area contributed by atoms with Crippen LogP contribution in [0.5, 0.6) is 0 Å². The third kappa shape index (κ3) is 6.48. The van der Waals surface area contributed by atoms with Crippen molar-refractivity contribution in [2.75, 3.05) is 19.8 Å². The van der Waals surface area contributed by atoms with Crippen LogP contribution in [0, 0.1) is 4.91 Å². The van der Waals surface area contributed by atoms with Gasteiger partial charge < -0.3 is 20.4 Å². The van der Waals surface area contributed by atoms with Gasteiger partial charge in [-0.2, -0.15) is 0 Å². The molecule has 1 aliphatic heterocycles. The second-order valence-electron chi connectivity index (χ2n) is 6.87. The highest BCUT2D eigenvalue weighted by molar-refractivity contribution is 6.22. The Balaban J connectivity index is 0.00000161.